The van der Waals surface area contributed by atoms with Gasteiger partial charge in [0.2, 0.25) is 11.8 Å². The lowest BCUT2D eigenvalue weighted by Crippen LogP contribution is -2.14. The largest absolute Gasteiger partial charge is 0.473 e. The van der Waals surface area contributed by atoms with Gasteiger partial charge in [0.05, 0.1) is 18.3 Å². The van der Waals surface area contributed by atoms with Crippen LogP contribution < -0.4 is 10.1 Å². The molecule has 1 fully saturated rings. The van der Waals surface area contributed by atoms with Crippen molar-refractivity contribution in [2.75, 3.05) is 5.32 Å². The van der Waals surface area contributed by atoms with Crippen LogP contribution in [0.5, 0.6) is 5.88 Å². The SMILES string of the molecule is Cc1cc(CC(=O)Nc2cc([C@H]3CC[C@@H](Oc4nnccc4C)C3)[nH]n2)on1. The highest BCUT2D eigenvalue weighted by Crippen LogP contribution is 2.36. The Balaban J connectivity index is 1.32. The average molecular weight is 382 g/mol. The first-order valence-electron chi connectivity index (χ1n) is 9.29. The molecule has 28 heavy (non-hydrogen) atoms. The number of ether oxygens (including phenoxy) is 1. The van der Waals surface area contributed by atoms with Crippen LogP contribution in [0.15, 0.2) is 28.9 Å². The van der Waals surface area contributed by atoms with Crippen LogP contribution in [-0.2, 0) is 11.2 Å². The topological polar surface area (TPSA) is 119 Å². The summed E-state index contributed by atoms with van der Waals surface area (Å²) in [5.74, 6) is 1.73. The normalized spacial score (nSPS) is 18.9. The first kappa shape index (κ1) is 18.1. The van der Waals surface area contributed by atoms with Crippen LogP contribution in [0.3, 0.4) is 0 Å². The minimum atomic E-state index is -0.194. The van der Waals surface area contributed by atoms with E-state index < -0.39 is 0 Å². The summed E-state index contributed by atoms with van der Waals surface area (Å²) in [4.78, 5) is 12.1. The zero-order valence-electron chi connectivity index (χ0n) is 15.8. The summed E-state index contributed by atoms with van der Waals surface area (Å²) in [6.45, 7) is 3.77. The summed E-state index contributed by atoms with van der Waals surface area (Å²) in [5.41, 5.74) is 2.72. The second-order valence-electron chi connectivity index (χ2n) is 7.14. The summed E-state index contributed by atoms with van der Waals surface area (Å²) >= 11 is 0. The number of carbonyl (C=O) groups excluding carboxylic acids is 1. The smallest absolute Gasteiger partial charge is 0.236 e. The van der Waals surface area contributed by atoms with Gasteiger partial charge in [0.1, 0.15) is 11.9 Å². The van der Waals surface area contributed by atoms with Gasteiger partial charge in [0.15, 0.2) is 5.82 Å². The van der Waals surface area contributed by atoms with Crippen LogP contribution in [0.1, 0.15) is 47.9 Å². The van der Waals surface area contributed by atoms with Crippen LogP contribution in [0.25, 0.3) is 0 Å². The summed E-state index contributed by atoms with van der Waals surface area (Å²) in [6, 6.07) is 5.51. The Hall–Kier alpha value is -3.23. The quantitative estimate of drug-likeness (QED) is 0.673. The lowest BCUT2D eigenvalue weighted by atomic mass is 10.0. The Labute approximate surface area is 161 Å². The zero-order chi connectivity index (χ0) is 19.5. The number of carbonyl (C=O) groups is 1. The molecule has 0 spiro atoms. The Bertz CT molecular complexity index is 966. The molecule has 1 aliphatic rings. The van der Waals surface area contributed by atoms with Crippen molar-refractivity contribution in [3.8, 4) is 5.88 Å². The van der Waals surface area contributed by atoms with E-state index >= 15 is 0 Å². The number of hydrogen-bond donors (Lipinski definition) is 2. The summed E-state index contributed by atoms with van der Waals surface area (Å²) in [6.07, 6.45) is 4.66. The van der Waals surface area contributed by atoms with Gasteiger partial charge in [-0.2, -0.15) is 10.2 Å². The van der Waals surface area contributed by atoms with Gasteiger partial charge in [-0.1, -0.05) is 5.16 Å². The fraction of sp³-hybridized carbons (Fsp3) is 0.421. The van der Waals surface area contributed by atoms with Gasteiger partial charge in [-0.3, -0.25) is 9.89 Å². The van der Waals surface area contributed by atoms with Crippen molar-refractivity contribution >= 4 is 11.7 Å². The molecule has 1 amide bonds. The number of aryl methyl sites for hydroxylation is 2. The molecular formula is C19H22N6O3. The number of anilines is 1. The number of amides is 1. The van der Waals surface area contributed by atoms with Crippen molar-refractivity contribution < 1.29 is 14.1 Å². The average Bonchev–Trinajstić information content (AvgIpc) is 3.39. The predicted molar refractivity (Wildman–Crippen MR) is 99.9 cm³/mol. The Morgan fingerprint density at radius 3 is 3.04 bits per heavy atom. The van der Waals surface area contributed by atoms with E-state index in [4.69, 9.17) is 9.26 Å². The molecule has 0 aliphatic heterocycles. The fourth-order valence-electron chi connectivity index (χ4n) is 3.44. The number of aromatic nitrogens is 5. The molecule has 2 atom stereocenters. The van der Waals surface area contributed by atoms with E-state index in [2.05, 4.69) is 30.9 Å². The highest BCUT2D eigenvalue weighted by atomic mass is 16.5. The van der Waals surface area contributed by atoms with Crippen molar-refractivity contribution in [3.63, 3.8) is 0 Å². The van der Waals surface area contributed by atoms with E-state index in [1.54, 1.807) is 12.3 Å². The van der Waals surface area contributed by atoms with E-state index in [0.29, 0.717) is 23.4 Å². The predicted octanol–water partition coefficient (Wildman–Crippen LogP) is 2.70. The van der Waals surface area contributed by atoms with Crippen LogP contribution in [0.4, 0.5) is 5.82 Å². The molecule has 9 heteroatoms. The van der Waals surface area contributed by atoms with Gasteiger partial charge in [0.25, 0.3) is 0 Å². The lowest BCUT2D eigenvalue weighted by Gasteiger charge is -2.13. The van der Waals surface area contributed by atoms with E-state index in [1.165, 1.54) is 0 Å². The van der Waals surface area contributed by atoms with E-state index in [-0.39, 0.29) is 18.4 Å². The van der Waals surface area contributed by atoms with Gasteiger partial charge in [-0.15, -0.1) is 5.10 Å². The number of H-pyrrole nitrogens is 1. The van der Waals surface area contributed by atoms with E-state index in [9.17, 15) is 4.79 Å². The lowest BCUT2D eigenvalue weighted by molar-refractivity contribution is -0.115. The summed E-state index contributed by atoms with van der Waals surface area (Å²) in [7, 11) is 0. The van der Waals surface area contributed by atoms with E-state index in [1.807, 2.05) is 26.0 Å². The van der Waals surface area contributed by atoms with Crippen molar-refractivity contribution in [1.29, 1.82) is 0 Å². The van der Waals surface area contributed by atoms with Gasteiger partial charge >= 0.3 is 0 Å². The molecule has 1 aliphatic carbocycles. The van der Waals surface area contributed by atoms with Crippen LogP contribution in [0, 0.1) is 13.8 Å². The third kappa shape index (κ3) is 4.19. The highest BCUT2D eigenvalue weighted by Gasteiger charge is 2.29. The standard InChI is InChI=1S/C19H22N6O3/c1-11-5-6-20-24-19(11)27-14-4-3-13(8-14)16-10-17(23-22-16)21-18(26)9-15-7-12(2)25-28-15/h5-7,10,13-14H,3-4,8-9H2,1-2H3,(H2,21,22,23,26)/t13-,14+/m0/s1. The molecule has 1 saturated carbocycles. The molecule has 4 rings (SSSR count). The van der Waals surface area contributed by atoms with Gasteiger partial charge in [-0.05, 0) is 39.2 Å². The maximum atomic E-state index is 12.1. The number of hydrogen-bond acceptors (Lipinski definition) is 7. The Kier molecular flexibility index (Phi) is 5.05. The molecule has 9 nitrogen and oxygen atoms in total. The molecule has 3 aromatic heterocycles. The fourth-order valence-corrected chi connectivity index (χ4v) is 3.44. The maximum absolute atomic E-state index is 12.1. The second kappa shape index (κ2) is 7.79. The third-order valence-electron chi connectivity index (χ3n) is 4.86. The Morgan fingerprint density at radius 1 is 1.36 bits per heavy atom. The molecular weight excluding hydrogens is 360 g/mol. The van der Waals surface area contributed by atoms with E-state index in [0.717, 1.165) is 36.2 Å². The van der Waals surface area contributed by atoms with Crippen molar-refractivity contribution in [3.05, 3.63) is 47.1 Å². The minimum absolute atomic E-state index is 0.0939. The minimum Gasteiger partial charge on any atom is -0.473 e. The van der Waals surface area contributed by atoms with Crippen LogP contribution in [0.2, 0.25) is 0 Å². The summed E-state index contributed by atoms with van der Waals surface area (Å²) < 4.78 is 11.1. The molecule has 146 valence electrons. The zero-order valence-corrected chi connectivity index (χ0v) is 15.8. The maximum Gasteiger partial charge on any atom is 0.236 e. The molecule has 3 heterocycles. The molecule has 0 radical (unpaired) electrons. The number of nitrogens with one attached hydrogen (secondary N) is 2. The number of nitrogens with zero attached hydrogens (tertiary/aromatic N) is 4. The molecule has 0 unspecified atom stereocenters. The monoisotopic (exact) mass is 382 g/mol. The number of rotatable bonds is 6. The third-order valence-corrected chi connectivity index (χ3v) is 4.86. The van der Waals surface area contributed by atoms with Crippen LogP contribution >= 0.6 is 0 Å². The molecule has 0 saturated heterocycles. The van der Waals surface area contributed by atoms with Gasteiger partial charge in [-0.25, -0.2) is 0 Å². The van der Waals surface area contributed by atoms with Crippen molar-refractivity contribution in [1.82, 2.24) is 25.6 Å². The van der Waals surface area contributed by atoms with Gasteiger partial charge in [0, 0.05) is 29.3 Å². The first-order valence-corrected chi connectivity index (χ1v) is 9.29. The Morgan fingerprint density at radius 2 is 2.25 bits per heavy atom. The second-order valence-corrected chi connectivity index (χ2v) is 7.14. The number of aromatic amines is 1. The molecule has 0 aromatic carbocycles. The molecule has 3 aromatic rings. The van der Waals surface area contributed by atoms with Crippen LogP contribution in [-0.4, -0.2) is 37.6 Å². The highest BCUT2D eigenvalue weighted by molar-refractivity contribution is 5.91. The van der Waals surface area contributed by atoms with Crippen molar-refractivity contribution in [2.24, 2.45) is 0 Å². The molecule has 2 N–H and O–H groups in total. The van der Waals surface area contributed by atoms with Crippen molar-refractivity contribution in [2.45, 2.75) is 51.6 Å². The summed E-state index contributed by atoms with van der Waals surface area (Å²) in [5, 5.41) is 21.7. The van der Waals surface area contributed by atoms with Gasteiger partial charge < -0.3 is 14.6 Å². The first-order chi connectivity index (χ1) is 13.6. The molecule has 0 bridgehead atoms.